The summed E-state index contributed by atoms with van der Waals surface area (Å²) in [7, 11) is -1.18. The summed E-state index contributed by atoms with van der Waals surface area (Å²) >= 11 is 0. The minimum Gasteiger partial charge on any atom is -0.242 e. The van der Waals surface area contributed by atoms with Crippen LogP contribution in [0.2, 0.25) is 0 Å². The largest absolute Gasteiger partial charge is 0.242 e. The second kappa shape index (κ2) is 6.12. The first-order valence-electron chi connectivity index (χ1n) is 5.96. The average Bonchev–Trinajstić information content (AvgIpc) is 2.28. The van der Waals surface area contributed by atoms with Crippen LogP contribution in [0.15, 0.2) is 24.3 Å². The molecule has 0 aromatic heterocycles. The molecule has 0 saturated heterocycles. The number of nitriles is 1. The van der Waals surface area contributed by atoms with Crippen LogP contribution in [0.1, 0.15) is 44.4 Å². The predicted molar refractivity (Wildman–Crippen MR) is 75.2 cm³/mol. The van der Waals surface area contributed by atoms with Crippen LogP contribution in [0.5, 0.6) is 0 Å². The summed E-state index contributed by atoms with van der Waals surface area (Å²) in [4.78, 5) is 0. The Morgan fingerprint density at radius 1 is 1.33 bits per heavy atom. The molecule has 0 saturated carbocycles. The highest BCUT2D eigenvalue weighted by molar-refractivity contribution is 7.84. The molecular weight excluding hydrogens is 244 g/mol. The van der Waals surface area contributed by atoms with Crippen molar-refractivity contribution in [3.63, 3.8) is 0 Å². The highest BCUT2D eigenvalue weighted by atomic mass is 32.2. The van der Waals surface area contributed by atoms with Gasteiger partial charge in [-0.15, -0.1) is 0 Å². The third-order valence-corrected chi connectivity index (χ3v) is 4.19. The van der Waals surface area contributed by atoms with Gasteiger partial charge >= 0.3 is 0 Å². The third kappa shape index (κ3) is 4.25. The summed E-state index contributed by atoms with van der Waals surface area (Å²) in [5, 5.41) is 8.88. The van der Waals surface area contributed by atoms with Crippen molar-refractivity contribution in [1.82, 2.24) is 4.72 Å². The Morgan fingerprint density at radius 3 is 2.33 bits per heavy atom. The van der Waals surface area contributed by atoms with Crippen LogP contribution in [0.3, 0.4) is 0 Å². The second-order valence-electron chi connectivity index (χ2n) is 5.32. The highest BCUT2D eigenvalue weighted by Gasteiger charge is 2.23. The molecule has 0 aliphatic rings. The van der Waals surface area contributed by atoms with E-state index in [-0.39, 0.29) is 10.8 Å². The lowest BCUT2D eigenvalue weighted by Gasteiger charge is -2.23. The van der Waals surface area contributed by atoms with Gasteiger partial charge in [-0.25, -0.2) is 8.93 Å². The average molecular weight is 264 g/mol. The maximum atomic E-state index is 12.1. The summed E-state index contributed by atoms with van der Waals surface area (Å²) in [5.74, 6) is 0. The summed E-state index contributed by atoms with van der Waals surface area (Å²) in [6.07, 6.45) is 0.310. The first-order chi connectivity index (χ1) is 8.34. The molecule has 18 heavy (non-hydrogen) atoms. The van der Waals surface area contributed by atoms with Crippen LogP contribution in [0, 0.1) is 18.3 Å². The summed E-state index contributed by atoms with van der Waals surface area (Å²) in [5.41, 5.74) is 2.17. The molecule has 1 rings (SSSR count). The van der Waals surface area contributed by atoms with Gasteiger partial charge in [0.2, 0.25) is 0 Å². The number of hydrogen-bond acceptors (Lipinski definition) is 2. The maximum Gasteiger partial charge on any atom is 0.0976 e. The van der Waals surface area contributed by atoms with Gasteiger partial charge in [0.15, 0.2) is 0 Å². The molecule has 0 aliphatic heterocycles. The molecule has 0 radical (unpaired) electrons. The van der Waals surface area contributed by atoms with E-state index in [1.165, 1.54) is 5.56 Å². The standard InChI is InChI=1S/C14H20N2OS/c1-11-5-7-12(8-6-11)13(9-10-15)16-18(17)14(2,3)4/h5-8,13,16H,9H2,1-4H3/t13-,18?/m1/s1. The maximum absolute atomic E-state index is 12.1. The molecule has 1 aromatic rings. The van der Waals surface area contributed by atoms with E-state index in [0.29, 0.717) is 6.42 Å². The van der Waals surface area contributed by atoms with E-state index in [1.54, 1.807) is 0 Å². The van der Waals surface area contributed by atoms with Crippen LogP contribution >= 0.6 is 0 Å². The molecule has 3 nitrogen and oxygen atoms in total. The number of nitrogens with one attached hydrogen (secondary N) is 1. The topological polar surface area (TPSA) is 52.9 Å². The van der Waals surface area contributed by atoms with E-state index in [1.807, 2.05) is 52.0 Å². The number of rotatable bonds is 4. The Kier molecular flexibility index (Phi) is 5.06. The minimum atomic E-state index is -1.18. The molecule has 0 fully saturated rings. The second-order valence-corrected chi connectivity index (χ2v) is 7.32. The van der Waals surface area contributed by atoms with Crippen LogP contribution in [-0.2, 0) is 11.0 Å². The van der Waals surface area contributed by atoms with Crippen molar-refractivity contribution in [2.75, 3.05) is 0 Å². The molecule has 0 heterocycles. The molecule has 0 aliphatic carbocycles. The Labute approximate surface area is 112 Å². The van der Waals surface area contributed by atoms with Crippen LogP contribution in [-0.4, -0.2) is 8.96 Å². The van der Waals surface area contributed by atoms with Gasteiger partial charge in [-0.05, 0) is 33.3 Å². The van der Waals surface area contributed by atoms with Crippen LogP contribution in [0.4, 0.5) is 0 Å². The number of aryl methyl sites for hydroxylation is 1. The van der Waals surface area contributed by atoms with Crippen molar-refractivity contribution in [3.05, 3.63) is 35.4 Å². The molecule has 0 amide bonds. The quantitative estimate of drug-likeness (QED) is 0.909. The molecule has 0 bridgehead atoms. The molecule has 1 N–H and O–H groups in total. The van der Waals surface area contributed by atoms with E-state index >= 15 is 0 Å². The molecule has 98 valence electrons. The molecular formula is C14H20N2OS. The Hall–Kier alpha value is -1.18. The number of benzene rings is 1. The highest BCUT2D eigenvalue weighted by Crippen LogP contribution is 2.20. The third-order valence-electron chi connectivity index (χ3n) is 2.58. The van der Waals surface area contributed by atoms with Gasteiger partial charge in [-0.1, -0.05) is 29.8 Å². The Bertz CT molecular complexity index is 454. The van der Waals surface area contributed by atoms with Crippen molar-refractivity contribution in [2.45, 2.75) is 44.9 Å². The van der Waals surface area contributed by atoms with Crippen molar-refractivity contribution in [2.24, 2.45) is 0 Å². The van der Waals surface area contributed by atoms with Crippen molar-refractivity contribution in [1.29, 1.82) is 5.26 Å². The smallest absolute Gasteiger partial charge is 0.0976 e. The van der Waals surface area contributed by atoms with Crippen molar-refractivity contribution in [3.8, 4) is 6.07 Å². The summed E-state index contributed by atoms with van der Waals surface area (Å²) < 4.78 is 14.8. The van der Waals surface area contributed by atoms with Gasteiger partial charge < -0.3 is 0 Å². The fourth-order valence-corrected chi connectivity index (χ4v) is 2.25. The number of nitrogens with zero attached hydrogens (tertiary/aromatic N) is 1. The van der Waals surface area contributed by atoms with Gasteiger partial charge in [0.05, 0.1) is 34.3 Å². The zero-order valence-corrected chi connectivity index (χ0v) is 12.2. The fourth-order valence-electron chi connectivity index (χ4n) is 1.42. The number of hydrogen-bond donors (Lipinski definition) is 1. The Balaban J connectivity index is 2.87. The van der Waals surface area contributed by atoms with Gasteiger partial charge in [0.1, 0.15) is 0 Å². The summed E-state index contributed by atoms with van der Waals surface area (Å²) in [6.45, 7) is 7.75. The van der Waals surface area contributed by atoms with E-state index < -0.39 is 11.0 Å². The SMILES string of the molecule is Cc1ccc([C@@H](CC#N)NS(=O)C(C)(C)C)cc1. The van der Waals surface area contributed by atoms with Gasteiger partial charge in [0, 0.05) is 0 Å². The van der Waals surface area contributed by atoms with Crippen LogP contribution in [0.25, 0.3) is 0 Å². The van der Waals surface area contributed by atoms with E-state index in [4.69, 9.17) is 5.26 Å². The van der Waals surface area contributed by atoms with Gasteiger partial charge in [-0.2, -0.15) is 5.26 Å². The molecule has 1 unspecified atom stereocenters. The fraction of sp³-hybridized carbons (Fsp3) is 0.500. The lowest BCUT2D eigenvalue weighted by molar-refractivity contribution is 0.603. The summed E-state index contributed by atoms with van der Waals surface area (Å²) in [6, 6.07) is 9.91. The van der Waals surface area contributed by atoms with Gasteiger partial charge in [0.25, 0.3) is 0 Å². The zero-order chi connectivity index (χ0) is 13.8. The normalized spacial score (nSPS) is 14.8. The van der Waals surface area contributed by atoms with Crippen molar-refractivity contribution >= 4 is 11.0 Å². The van der Waals surface area contributed by atoms with Gasteiger partial charge in [-0.3, -0.25) is 0 Å². The van der Waals surface area contributed by atoms with E-state index in [2.05, 4.69) is 10.8 Å². The van der Waals surface area contributed by atoms with Crippen LogP contribution < -0.4 is 4.72 Å². The molecule has 4 heteroatoms. The minimum absolute atomic E-state index is 0.185. The zero-order valence-electron chi connectivity index (χ0n) is 11.4. The monoisotopic (exact) mass is 264 g/mol. The Morgan fingerprint density at radius 2 is 1.89 bits per heavy atom. The lowest BCUT2D eigenvalue weighted by Crippen LogP contribution is -2.35. The lowest BCUT2D eigenvalue weighted by atomic mass is 10.0. The van der Waals surface area contributed by atoms with E-state index in [9.17, 15) is 4.21 Å². The molecule has 2 atom stereocenters. The predicted octanol–water partition coefficient (Wildman–Crippen LogP) is 3.00. The molecule has 1 aromatic carbocycles. The van der Waals surface area contributed by atoms with E-state index in [0.717, 1.165) is 5.56 Å². The first-order valence-corrected chi connectivity index (χ1v) is 7.11. The first kappa shape index (κ1) is 14.9. The molecule has 0 spiro atoms. The van der Waals surface area contributed by atoms with Crippen molar-refractivity contribution < 1.29 is 4.21 Å².